The Bertz CT molecular complexity index is 533. The van der Waals surface area contributed by atoms with Gasteiger partial charge in [-0.3, -0.25) is 9.48 Å². The fourth-order valence-electron chi connectivity index (χ4n) is 1.60. The van der Waals surface area contributed by atoms with Gasteiger partial charge in [-0.25, -0.2) is 0 Å². The van der Waals surface area contributed by atoms with Crippen molar-refractivity contribution < 1.29 is 9.90 Å². The van der Waals surface area contributed by atoms with Gasteiger partial charge in [-0.2, -0.15) is 5.10 Å². The number of aromatic nitrogens is 2. The van der Waals surface area contributed by atoms with E-state index < -0.39 is 5.97 Å². The second kappa shape index (κ2) is 3.66. The van der Waals surface area contributed by atoms with E-state index in [1.54, 1.807) is 10.9 Å². The van der Waals surface area contributed by atoms with Crippen LogP contribution in [-0.4, -0.2) is 20.9 Å². The second-order valence-electron chi connectivity index (χ2n) is 3.35. The Hall–Kier alpha value is -1.36. The number of carboxylic acid groups (broad SMARTS) is 1. The summed E-state index contributed by atoms with van der Waals surface area (Å²) < 4.78 is 2.63. The smallest absolute Gasteiger partial charge is 0.307 e. The number of aryl methyl sites for hydroxylation is 1. The Morgan fingerprint density at radius 2 is 2.33 bits per heavy atom. The highest BCUT2D eigenvalue weighted by atomic mass is 79.9. The van der Waals surface area contributed by atoms with E-state index in [1.807, 2.05) is 19.2 Å². The minimum absolute atomic E-state index is 0.0312. The highest BCUT2D eigenvalue weighted by molar-refractivity contribution is 9.10. The molecule has 0 atom stereocenters. The highest BCUT2D eigenvalue weighted by Crippen LogP contribution is 2.25. The molecular weight excluding hydrogens is 260 g/mol. The number of hydrogen-bond acceptors (Lipinski definition) is 2. The summed E-state index contributed by atoms with van der Waals surface area (Å²) in [6, 6.07) is 3.67. The van der Waals surface area contributed by atoms with Crippen LogP contribution in [0.25, 0.3) is 10.9 Å². The molecule has 78 valence electrons. The molecule has 0 aliphatic heterocycles. The van der Waals surface area contributed by atoms with Crippen molar-refractivity contribution in [2.24, 2.45) is 7.05 Å². The van der Waals surface area contributed by atoms with Gasteiger partial charge >= 0.3 is 5.97 Å². The largest absolute Gasteiger partial charge is 0.481 e. The summed E-state index contributed by atoms with van der Waals surface area (Å²) in [6.45, 7) is 0. The van der Waals surface area contributed by atoms with Crippen LogP contribution in [0.15, 0.2) is 22.8 Å². The maximum absolute atomic E-state index is 10.6. The lowest BCUT2D eigenvalue weighted by atomic mass is 10.1. The third kappa shape index (κ3) is 1.87. The third-order valence-electron chi connectivity index (χ3n) is 2.20. The molecule has 0 unspecified atom stereocenters. The predicted molar refractivity (Wildman–Crippen MR) is 59.8 cm³/mol. The summed E-state index contributed by atoms with van der Waals surface area (Å²) in [4.78, 5) is 10.6. The summed E-state index contributed by atoms with van der Waals surface area (Å²) in [7, 11) is 1.85. The Labute approximate surface area is 94.6 Å². The molecule has 0 bridgehead atoms. The molecule has 15 heavy (non-hydrogen) atoms. The lowest BCUT2D eigenvalue weighted by Gasteiger charge is -2.01. The Kier molecular flexibility index (Phi) is 2.48. The molecule has 0 aliphatic rings. The molecule has 4 nitrogen and oxygen atoms in total. The van der Waals surface area contributed by atoms with Gasteiger partial charge in [-0.15, -0.1) is 0 Å². The average Bonchev–Trinajstić information content (AvgIpc) is 2.46. The maximum Gasteiger partial charge on any atom is 0.307 e. The third-order valence-corrected chi connectivity index (χ3v) is 2.81. The van der Waals surface area contributed by atoms with Gasteiger partial charge in [0.05, 0.1) is 18.1 Å². The van der Waals surface area contributed by atoms with Crippen LogP contribution in [0.5, 0.6) is 0 Å². The Morgan fingerprint density at radius 3 is 3.00 bits per heavy atom. The Balaban J connectivity index is 2.58. The average molecular weight is 269 g/mol. The van der Waals surface area contributed by atoms with Crippen molar-refractivity contribution in [3.63, 3.8) is 0 Å². The van der Waals surface area contributed by atoms with E-state index in [4.69, 9.17) is 5.11 Å². The summed E-state index contributed by atoms with van der Waals surface area (Å²) >= 11 is 3.41. The molecule has 1 aromatic carbocycles. The zero-order valence-electron chi connectivity index (χ0n) is 8.07. The van der Waals surface area contributed by atoms with Crippen LogP contribution < -0.4 is 0 Å². The number of halogens is 1. The molecule has 0 aliphatic carbocycles. The van der Waals surface area contributed by atoms with Crippen LogP contribution in [0.1, 0.15) is 5.56 Å². The summed E-state index contributed by atoms with van der Waals surface area (Å²) in [6.07, 6.45) is 1.76. The molecule has 0 saturated carbocycles. The number of benzene rings is 1. The molecule has 5 heteroatoms. The Morgan fingerprint density at radius 1 is 1.60 bits per heavy atom. The van der Waals surface area contributed by atoms with Gasteiger partial charge in [0.15, 0.2) is 0 Å². The van der Waals surface area contributed by atoms with E-state index in [9.17, 15) is 4.79 Å². The van der Waals surface area contributed by atoms with Crippen LogP contribution in [0.4, 0.5) is 0 Å². The lowest BCUT2D eigenvalue weighted by Crippen LogP contribution is -2.00. The van der Waals surface area contributed by atoms with E-state index >= 15 is 0 Å². The van der Waals surface area contributed by atoms with Crippen molar-refractivity contribution in [1.82, 2.24) is 9.78 Å². The normalized spacial score (nSPS) is 10.8. The van der Waals surface area contributed by atoms with Crippen molar-refractivity contribution in [3.8, 4) is 0 Å². The van der Waals surface area contributed by atoms with Gasteiger partial charge in [0.2, 0.25) is 0 Å². The lowest BCUT2D eigenvalue weighted by molar-refractivity contribution is -0.136. The van der Waals surface area contributed by atoms with Gasteiger partial charge in [0, 0.05) is 16.9 Å². The molecule has 0 spiro atoms. The molecule has 2 rings (SSSR count). The van der Waals surface area contributed by atoms with Crippen LogP contribution in [0.2, 0.25) is 0 Å². The number of rotatable bonds is 2. The van der Waals surface area contributed by atoms with Crippen molar-refractivity contribution in [1.29, 1.82) is 0 Å². The number of aliphatic carboxylic acids is 1. The molecule has 0 radical (unpaired) electrons. The number of carboxylic acids is 1. The maximum atomic E-state index is 10.6. The van der Waals surface area contributed by atoms with E-state index in [-0.39, 0.29) is 6.42 Å². The molecule has 0 amide bonds. The van der Waals surface area contributed by atoms with Crippen molar-refractivity contribution >= 4 is 32.8 Å². The minimum Gasteiger partial charge on any atom is -0.481 e. The highest BCUT2D eigenvalue weighted by Gasteiger charge is 2.08. The first-order chi connectivity index (χ1) is 7.08. The molecule has 1 heterocycles. The van der Waals surface area contributed by atoms with E-state index in [1.165, 1.54) is 0 Å². The molecule has 0 fully saturated rings. The van der Waals surface area contributed by atoms with Gasteiger partial charge in [0.25, 0.3) is 0 Å². The summed E-state index contributed by atoms with van der Waals surface area (Å²) in [5.41, 5.74) is 1.75. The molecule has 1 aromatic heterocycles. The van der Waals surface area contributed by atoms with Crippen molar-refractivity contribution in [3.05, 3.63) is 28.4 Å². The van der Waals surface area contributed by atoms with Gasteiger partial charge in [0.1, 0.15) is 0 Å². The first kappa shape index (κ1) is 10.2. The van der Waals surface area contributed by atoms with Crippen molar-refractivity contribution in [2.45, 2.75) is 6.42 Å². The van der Waals surface area contributed by atoms with Crippen LogP contribution in [0, 0.1) is 0 Å². The summed E-state index contributed by atoms with van der Waals surface area (Å²) in [5, 5.41) is 13.8. The minimum atomic E-state index is -0.829. The van der Waals surface area contributed by atoms with Crippen LogP contribution in [0.3, 0.4) is 0 Å². The summed E-state index contributed by atoms with van der Waals surface area (Å²) in [5.74, 6) is -0.829. The zero-order valence-corrected chi connectivity index (χ0v) is 9.65. The fraction of sp³-hybridized carbons (Fsp3) is 0.200. The number of fused-ring (bicyclic) bond motifs is 1. The number of nitrogens with zero attached hydrogens (tertiary/aromatic N) is 2. The van der Waals surface area contributed by atoms with Gasteiger partial charge in [-0.05, 0) is 33.6 Å². The monoisotopic (exact) mass is 268 g/mol. The van der Waals surface area contributed by atoms with Crippen LogP contribution in [-0.2, 0) is 18.3 Å². The van der Waals surface area contributed by atoms with E-state index in [2.05, 4.69) is 21.0 Å². The molecule has 1 N–H and O–H groups in total. The van der Waals surface area contributed by atoms with E-state index in [0.29, 0.717) is 0 Å². The molecule has 0 saturated heterocycles. The topological polar surface area (TPSA) is 55.1 Å². The number of carbonyl (C=O) groups is 1. The second-order valence-corrected chi connectivity index (χ2v) is 4.21. The standard InChI is InChI=1S/C10H9BrN2O2/c1-13-10-7(5-12-13)2-6(3-8(10)11)4-9(14)15/h2-3,5H,4H2,1H3,(H,14,15). The van der Waals surface area contributed by atoms with E-state index in [0.717, 1.165) is 20.9 Å². The van der Waals surface area contributed by atoms with Gasteiger partial charge < -0.3 is 5.11 Å². The van der Waals surface area contributed by atoms with Crippen LogP contribution >= 0.6 is 15.9 Å². The number of hydrogen-bond donors (Lipinski definition) is 1. The quantitative estimate of drug-likeness (QED) is 0.906. The zero-order chi connectivity index (χ0) is 11.0. The SMILES string of the molecule is Cn1ncc2cc(CC(=O)O)cc(Br)c21. The fourth-order valence-corrected chi connectivity index (χ4v) is 2.38. The molecule has 2 aromatic rings. The first-order valence-electron chi connectivity index (χ1n) is 4.40. The van der Waals surface area contributed by atoms with Crippen molar-refractivity contribution in [2.75, 3.05) is 0 Å². The predicted octanol–water partition coefficient (Wildman–Crippen LogP) is 1.96. The van der Waals surface area contributed by atoms with Gasteiger partial charge in [-0.1, -0.05) is 0 Å². The first-order valence-corrected chi connectivity index (χ1v) is 5.19. The molecular formula is C10H9BrN2O2.